The molecule has 76 valence electrons. The van der Waals surface area contributed by atoms with E-state index in [0.717, 1.165) is 12.3 Å². The minimum Gasteiger partial charge on any atom is -0.284 e. The van der Waals surface area contributed by atoms with Crippen LogP contribution in [0.2, 0.25) is 5.15 Å². The van der Waals surface area contributed by atoms with Crippen LogP contribution in [-0.2, 0) is 0 Å². The topological polar surface area (TPSA) is 30.0 Å². The van der Waals surface area contributed by atoms with Crippen LogP contribution in [0.25, 0.3) is 0 Å². The van der Waals surface area contributed by atoms with Gasteiger partial charge in [0.25, 0.3) is 5.78 Å². The summed E-state index contributed by atoms with van der Waals surface area (Å²) in [5, 5.41) is -0.166. The summed E-state index contributed by atoms with van der Waals surface area (Å²) in [5.41, 5.74) is -0.544. The van der Waals surface area contributed by atoms with Crippen LogP contribution in [0.3, 0.4) is 0 Å². The average Bonchev–Trinajstić information content (AvgIpc) is 2.06. The SMILES string of the molecule is O=C(c1cc(Cl)ncc1Br)C(F)(F)F. The number of halogens is 5. The Morgan fingerprint density at radius 1 is 1.50 bits per heavy atom. The molecule has 0 aliphatic carbocycles. The van der Waals surface area contributed by atoms with Crippen LogP contribution in [-0.4, -0.2) is 16.9 Å². The van der Waals surface area contributed by atoms with Crippen molar-refractivity contribution >= 4 is 33.3 Å². The van der Waals surface area contributed by atoms with E-state index in [9.17, 15) is 18.0 Å². The molecule has 7 heteroatoms. The summed E-state index contributed by atoms with van der Waals surface area (Å²) >= 11 is 8.14. The van der Waals surface area contributed by atoms with Crippen molar-refractivity contribution in [2.45, 2.75) is 6.18 Å². The number of hydrogen-bond donors (Lipinski definition) is 0. The molecule has 0 radical (unpaired) electrons. The summed E-state index contributed by atoms with van der Waals surface area (Å²) in [7, 11) is 0. The van der Waals surface area contributed by atoms with E-state index in [4.69, 9.17) is 11.6 Å². The first-order valence-corrected chi connectivity index (χ1v) is 4.42. The van der Waals surface area contributed by atoms with Crippen molar-refractivity contribution in [3.63, 3.8) is 0 Å². The molecule has 14 heavy (non-hydrogen) atoms. The maximum Gasteiger partial charge on any atom is 0.454 e. The Morgan fingerprint density at radius 2 is 2.07 bits per heavy atom. The number of alkyl halides is 3. The Bertz CT molecular complexity index is 380. The minimum atomic E-state index is -4.91. The van der Waals surface area contributed by atoms with Crippen LogP contribution < -0.4 is 0 Å². The van der Waals surface area contributed by atoms with Gasteiger partial charge in [-0.25, -0.2) is 4.98 Å². The molecule has 0 saturated heterocycles. The molecule has 0 N–H and O–H groups in total. The lowest BCUT2D eigenvalue weighted by Gasteiger charge is -2.06. The van der Waals surface area contributed by atoms with E-state index in [0.29, 0.717) is 0 Å². The number of carbonyl (C=O) groups excluding carboxylic acids is 1. The highest BCUT2D eigenvalue weighted by molar-refractivity contribution is 9.10. The third-order valence-electron chi connectivity index (χ3n) is 1.32. The van der Waals surface area contributed by atoms with Gasteiger partial charge in [0.15, 0.2) is 0 Å². The molecule has 0 aromatic carbocycles. The van der Waals surface area contributed by atoms with E-state index in [1.807, 2.05) is 0 Å². The van der Waals surface area contributed by atoms with Crippen LogP contribution in [0.1, 0.15) is 10.4 Å². The van der Waals surface area contributed by atoms with Gasteiger partial charge in [0.1, 0.15) is 5.15 Å². The van der Waals surface area contributed by atoms with Crippen molar-refractivity contribution in [2.75, 3.05) is 0 Å². The minimum absolute atomic E-state index is 0.0378. The maximum atomic E-state index is 12.0. The Balaban J connectivity index is 3.19. The molecular formula is C7H2BrClF3NO. The first-order valence-electron chi connectivity index (χ1n) is 3.25. The number of nitrogens with zero attached hydrogens (tertiary/aromatic N) is 1. The molecule has 0 unspecified atom stereocenters. The zero-order valence-electron chi connectivity index (χ0n) is 6.40. The van der Waals surface area contributed by atoms with E-state index in [1.165, 1.54) is 0 Å². The highest BCUT2D eigenvalue weighted by Gasteiger charge is 2.40. The fourth-order valence-electron chi connectivity index (χ4n) is 0.740. The molecule has 0 amide bonds. The van der Waals surface area contributed by atoms with Gasteiger partial charge in [0, 0.05) is 16.2 Å². The molecule has 1 aromatic rings. The number of ketones is 1. The predicted octanol–water partition coefficient (Wildman–Crippen LogP) is 3.24. The molecule has 0 spiro atoms. The molecule has 0 aliphatic heterocycles. The largest absolute Gasteiger partial charge is 0.454 e. The fourth-order valence-corrected chi connectivity index (χ4v) is 1.29. The Labute approximate surface area is 90.2 Å². The second-order valence-corrected chi connectivity index (χ2v) is 3.56. The summed E-state index contributed by atoms with van der Waals surface area (Å²) in [6.07, 6.45) is -3.87. The van der Waals surface area contributed by atoms with Gasteiger partial charge >= 0.3 is 6.18 Å². The molecule has 1 heterocycles. The molecule has 0 aliphatic rings. The number of Topliss-reactive ketones (excluding diaryl/α,β-unsaturated/α-hetero) is 1. The van der Waals surface area contributed by atoms with Crippen LogP contribution in [0.15, 0.2) is 16.7 Å². The maximum absolute atomic E-state index is 12.0. The monoisotopic (exact) mass is 287 g/mol. The summed E-state index contributed by atoms with van der Waals surface area (Å²) in [6.45, 7) is 0. The quantitative estimate of drug-likeness (QED) is 0.586. The van der Waals surface area contributed by atoms with Crippen LogP contribution >= 0.6 is 27.5 Å². The molecule has 0 fully saturated rings. The second kappa shape index (κ2) is 3.86. The predicted molar refractivity (Wildman–Crippen MR) is 47.3 cm³/mol. The molecule has 1 aromatic heterocycles. The number of hydrogen-bond acceptors (Lipinski definition) is 2. The molecule has 1 rings (SSSR count). The lowest BCUT2D eigenvalue weighted by molar-refractivity contribution is -0.0885. The highest BCUT2D eigenvalue weighted by Crippen LogP contribution is 2.27. The average molecular weight is 288 g/mol. The van der Waals surface area contributed by atoms with E-state index in [1.54, 1.807) is 0 Å². The molecule has 0 atom stereocenters. The molecule has 0 bridgehead atoms. The Morgan fingerprint density at radius 3 is 2.57 bits per heavy atom. The Kier molecular flexibility index (Phi) is 3.16. The summed E-state index contributed by atoms with van der Waals surface area (Å²) in [4.78, 5) is 14.3. The third kappa shape index (κ3) is 2.45. The van der Waals surface area contributed by atoms with Gasteiger partial charge in [-0.15, -0.1) is 0 Å². The van der Waals surface area contributed by atoms with Gasteiger partial charge < -0.3 is 0 Å². The smallest absolute Gasteiger partial charge is 0.284 e. The van der Waals surface area contributed by atoms with E-state index >= 15 is 0 Å². The van der Waals surface area contributed by atoms with E-state index < -0.39 is 17.5 Å². The van der Waals surface area contributed by atoms with Gasteiger partial charge in [-0.05, 0) is 22.0 Å². The van der Waals surface area contributed by atoms with Crippen molar-refractivity contribution in [1.29, 1.82) is 0 Å². The lowest BCUT2D eigenvalue weighted by Crippen LogP contribution is -2.23. The van der Waals surface area contributed by atoms with E-state index in [-0.39, 0.29) is 9.63 Å². The lowest BCUT2D eigenvalue weighted by atomic mass is 10.2. The fraction of sp³-hybridized carbons (Fsp3) is 0.143. The van der Waals surface area contributed by atoms with E-state index in [2.05, 4.69) is 20.9 Å². The Hall–Kier alpha value is -0.620. The number of rotatable bonds is 1. The van der Waals surface area contributed by atoms with Crippen LogP contribution in [0.5, 0.6) is 0 Å². The first-order chi connectivity index (χ1) is 6.32. The first kappa shape index (κ1) is 11.5. The van der Waals surface area contributed by atoms with Gasteiger partial charge in [-0.3, -0.25) is 4.79 Å². The number of aromatic nitrogens is 1. The third-order valence-corrected chi connectivity index (χ3v) is 2.16. The standard InChI is InChI=1S/C7H2BrClF3NO/c8-4-2-13-5(9)1-3(4)6(14)7(10,11)12/h1-2H. The van der Waals surface area contributed by atoms with Crippen LogP contribution in [0.4, 0.5) is 13.2 Å². The van der Waals surface area contributed by atoms with Gasteiger partial charge in [0.2, 0.25) is 0 Å². The normalized spacial score (nSPS) is 11.5. The van der Waals surface area contributed by atoms with Crippen molar-refractivity contribution in [3.8, 4) is 0 Å². The van der Waals surface area contributed by atoms with Crippen molar-refractivity contribution in [3.05, 3.63) is 27.5 Å². The summed E-state index contributed by atoms with van der Waals surface area (Å²) < 4.78 is 36.0. The number of pyridine rings is 1. The zero-order valence-corrected chi connectivity index (χ0v) is 8.74. The molecule has 0 saturated carbocycles. The highest BCUT2D eigenvalue weighted by atomic mass is 79.9. The zero-order chi connectivity index (χ0) is 10.9. The molecule has 2 nitrogen and oxygen atoms in total. The summed E-state index contributed by atoms with van der Waals surface area (Å²) in [6, 6.07) is 0.863. The van der Waals surface area contributed by atoms with Gasteiger partial charge in [-0.1, -0.05) is 11.6 Å². The van der Waals surface area contributed by atoms with Crippen molar-refractivity contribution in [2.24, 2.45) is 0 Å². The molecular weight excluding hydrogens is 286 g/mol. The second-order valence-electron chi connectivity index (χ2n) is 2.31. The van der Waals surface area contributed by atoms with Crippen molar-refractivity contribution < 1.29 is 18.0 Å². The van der Waals surface area contributed by atoms with Gasteiger partial charge in [0.05, 0.1) is 0 Å². The van der Waals surface area contributed by atoms with Crippen LogP contribution in [0, 0.1) is 0 Å². The summed E-state index contributed by atoms with van der Waals surface area (Å²) in [5.74, 6) is -1.95. The van der Waals surface area contributed by atoms with Crippen molar-refractivity contribution in [1.82, 2.24) is 4.98 Å². The van der Waals surface area contributed by atoms with Gasteiger partial charge in [-0.2, -0.15) is 13.2 Å². The number of carbonyl (C=O) groups is 1.